The van der Waals surface area contributed by atoms with Crippen LogP contribution in [0.2, 0.25) is 0 Å². The lowest BCUT2D eigenvalue weighted by molar-refractivity contribution is 0.0682. The van der Waals surface area contributed by atoms with Crippen LogP contribution in [0.1, 0.15) is 53.9 Å². The van der Waals surface area contributed by atoms with Crippen LogP contribution in [0.15, 0.2) is 53.1 Å². The van der Waals surface area contributed by atoms with E-state index in [9.17, 15) is 4.79 Å². The van der Waals surface area contributed by atoms with E-state index in [0.29, 0.717) is 43.0 Å². The second-order valence-electron chi connectivity index (χ2n) is 9.58. The zero-order valence-corrected chi connectivity index (χ0v) is 20.5. The van der Waals surface area contributed by atoms with Gasteiger partial charge in [0.05, 0.1) is 6.61 Å². The van der Waals surface area contributed by atoms with Gasteiger partial charge in [-0.25, -0.2) is 0 Å². The number of carbonyl (C=O) groups excluding carboxylic acids is 1. The molecule has 1 amide bonds. The van der Waals surface area contributed by atoms with Crippen molar-refractivity contribution in [1.29, 1.82) is 0 Å². The first kappa shape index (κ1) is 23.5. The summed E-state index contributed by atoms with van der Waals surface area (Å²) in [5, 5.41) is 4.01. The summed E-state index contributed by atoms with van der Waals surface area (Å²) in [6.07, 6.45) is 6.74. The van der Waals surface area contributed by atoms with Gasteiger partial charge >= 0.3 is 0 Å². The van der Waals surface area contributed by atoms with E-state index in [1.807, 2.05) is 35.2 Å². The number of benzene rings is 2. The molecule has 3 heterocycles. The predicted octanol–water partition coefficient (Wildman–Crippen LogP) is 4.76. The first-order valence-corrected chi connectivity index (χ1v) is 12.8. The van der Waals surface area contributed by atoms with Gasteiger partial charge in [0.1, 0.15) is 5.75 Å². The highest BCUT2D eigenvalue weighted by Gasteiger charge is 2.24. The average Bonchev–Trinajstić information content (AvgIpc) is 3.33. The highest BCUT2D eigenvalue weighted by molar-refractivity contribution is 5.95. The molecule has 1 atom stereocenters. The molecule has 1 unspecified atom stereocenters. The fraction of sp³-hybridized carbons (Fsp3) is 0.464. The van der Waals surface area contributed by atoms with Crippen LogP contribution in [0.4, 0.5) is 0 Å². The molecule has 5 rings (SSSR count). The molecule has 0 spiro atoms. The lowest BCUT2D eigenvalue weighted by Gasteiger charge is -2.37. The van der Waals surface area contributed by atoms with E-state index in [0.717, 1.165) is 43.7 Å². The Bertz CT molecular complexity index is 1140. The zero-order chi connectivity index (χ0) is 24.0. The average molecular weight is 475 g/mol. The summed E-state index contributed by atoms with van der Waals surface area (Å²) in [7, 11) is 0. The Morgan fingerprint density at radius 2 is 1.89 bits per heavy atom. The van der Waals surface area contributed by atoms with Crippen LogP contribution >= 0.6 is 0 Å². The number of piperidine rings is 1. The molecule has 0 aliphatic carbocycles. The summed E-state index contributed by atoms with van der Waals surface area (Å²) in [6, 6.07) is 16.6. The van der Waals surface area contributed by atoms with Gasteiger partial charge in [0.2, 0.25) is 11.7 Å². The van der Waals surface area contributed by atoms with E-state index >= 15 is 0 Å². The van der Waals surface area contributed by atoms with E-state index < -0.39 is 0 Å². The number of nitrogens with zero attached hydrogens (tertiary/aromatic N) is 4. The number of aryl methyl sites for hydroxylation is 2. The van der Waals surface area contributed by atoms with Gasteiger partial charge in [-0.15, -0.1) is 0 Å². The summed E-state index contributed by atoms with van der Waals surface area (Å²) in [4.78, 5) is 22.5. The van der Waals surface area contributed by atoms with Gasteiger partial charge in [0.15, 0.2) is 0 Å². The van der Waals surface area contributed by atoms with E-state index in [4.69, 9.17) is 9.26 Å². The topological polar surface area (TPSA) is 71.7 Å². The van der Waals surface area contributed by atoms with Gasteiger partial charge in [0, 0.05) is 43.7 Å². The fourth-order valence-electron chi connectivity index (χ4n) is 5.21. The maximum absolute atomic E-state index is 13.6. The molecule has 2 bridgehead atoms. The minimum absolute atomic E-state index is 0.0368. The van der Waals surface area contributed by atoms with Crippen molar-refractivity contribution in [3.63, 3.8) is 0 Å². The number of hydrogen-bond donors (Lipinski definition) is 0. The van der Waals surface area contributed by atoms with Gasteiger partial charge in [-0.3, -0.25) is 9.69 Å². The highest BCUT2D eigenvalue weighted by Crippen LogP contribution is 2.24. The highest BCUT2D eigenvalue weighted by atomic mass is 16.5. The maximum Gasteiger partial charge on any atom is 0.253 e. The molecule has 7 heteroatoms. The van der Waals surface area contributed by atoms with Crippen LogP contribution in [-0.2, 0) is 6.42 Å². The number of rotatable bonds is 2. The van der Waals surface area contributed by atoms with Crippen molar-refractivity contribution in [2.45, 2.75) is 51.5 Å². The van der Waals surface area contributed by atoms with Crippen molar-refractivity contribution < 1.29 is 14.1 Å². The molecule has 1 aromatic heterocycles. The first-order valence-electron chi connectivity index (χ1n) is 12.8. The normalized spacial score (nSPS) is 19.9. The van der Waals surface area contributed by atoms with Crippen LogP contribution in [-0.4, -0.2) is 64.7 Å². The lowest BCUT2D eigenvalue weighted by atomic mass is 9.95. The lowest BCUT2D eigenvalue weighted by Crippen LogP contribution is -2.45. The molecule has 2 aromatic carbocycles. The molecule has 1 fully saturated rings. The molecule has 2 aliphatic heterocycles. The van der Waals surface area contributed by atoms with Gasteiger partial charge in [-0.1, -0.05) is 35.8 Å². The minimum atomic E-state index is 0.0368. The Morgan fingerprint density at radius 3 is 2.77 bits per heavy atom. The summed E-state index contributed by atoms with van der Waals surface area (Å²) < 4.78 is 11.2. The number of carbonyl (C=O) groups is 1. The Labute approximate surface area is 207 Å². The molecular weight excluding hydrogens is 440 g/mol. The second-order valence-corrected chi connectivity index (χ2v) is 9.58. The Hall–Kier alpha value is -3.19. The standard InChI is InChI=1S/C28H34N4O3/c1-21-29-27(30-35-21)23-8-5-9-24(20-23)28(33)32-15-6-18-34-26-11-4-7-22(19-26)12-13-25-10-2-3-14-31(25)16-17-32/h4-5,7-9,11,19-20,25H,2-3,6,10,12-18H2,1H3. The van der Waals surface area contributed by atoms with Crippen LogP contribution in [0, 0.1) is 6.92 Å². The van der Waals surface area contributed by atoms with Crippen molar-refractivity contribution >= 4 is 5.91 Å². The largest absolute Gasteiger partial charge is 0.494 e. The molecule has 2 aliphatic rings. The number of hydrogen-bond acceptors (Lipinski definition) is 6. The van der Waals surface area contributed by atoms with Crippen LogP contribution < -0.4 is 4.74 Å². The number of amides is 1. The van der Waals surface area contributed by atoms with E-state index in [2.05, 4.69) is 33.2 Å². The number of fused-ring (bicyclic) bond motifs is 3. The second kappa shape index (κ2) is 11.0. The van der Waals surface area contributed by atoms with Crippen LogP contribution in [0.5, 0.6) is 5.75 Å². The van der Waals surface area contributed by atoms with Crippen molar-refractivity contribution in [1.82, 2.24) is 19.9 Å². The van der Waals surface area contributed by atoms with Crippen molar-refractivity contribution in [3.05, 3.63) is 65.5 Å². The van der Waals surface area contributed by atoms with Crippen molar-refractivity contribution in [3.8, 4) is 17.1 Å². The molecule has 3 aromatic rings. The molecule has 0 N–H and O–H groups in total. The Balaban J connectivity index is 1.35. The molecule has 0 saturated carbocycles. The first-order chi connectivity index (χ1) is 17.2. The third-order valence-electron chi connectivity index (χ3n) is 7.09. The van der Waals surface area contributed by atoms with Crippen LogP contribution in [0.3, 0.4) is 0 Å². The van der Waals surface area contributed by atoms with Crippen LogP contribution in [0.25, 0.3) is 11.4 Å². The Morgan fingerprint density at radius 1 is 0.971 bits per heavy atom. The summed E-state index contributed by atoms with van der Waals surface area (Å²) >= 11 is 0. The summed E-state index contributed by atoms with van der Waals surface area (Å²) in [6.45, 7) is 5.73. The third-order valence-corrected chi connectivity index (χ3v) is 7.09. The summed E-state index contributed by atoms with van der Waals surface area (Å²) in [5.74, 6) is 1.97. The molecule has 7 nitrogen and oxygen atoms in total. The summed E-state index contributed by atoms with van der Waals surface area (Å²) in [5.41, 5.74) is 2.78. The predicted molar refractivity (Wildman–Crippen MR) is 134 cm³/mol. The smallest absolute Gasteiger partial charge is 0.253 e. The zero-order valence-electron chi connectivity index (χ0n) is 20.5. The quantitative estimate of drug-likeness (QED) is 0.533. The van der Waals surface area contributed by atoms with Crippen molar-refractivity contribution in [2.75, 3.05) is 32.8 Å². The fourth-order valence-corrected chi connectivity index (χ4v) is 5.21. The van der Waals surface area contributed by atoms with Crippen molar-refractivity contribution in [2.24, 2.45) is 0 Å². The maximum atomic E-state index is 13.6. The molecule has 1 saturated heterocycles. The minimum Gasteiger partial charge on any atom is -0.494 e. The third kappa shape index (κ3) is 5.90. The number of aromatic nitrogens is 2. The molecule has 35 heavy (non-hydrogen) atoms. The van der Waals surface area contributed by atoms with Gasteiger partial charge in [-0.05, 0) is 68.5 Å². The van der Waals surface area contributed by atoms with Gasteiger partial charge in [-0.2, -0.15) is 4.98 Å². The van der Waals surface area contributed by atoms with Gasteiger partial charge in [0.25, 0.3) is 5.91 Å². The van der Waals surface area contributed by atoms with Gasteiger partial charge < -0.3 is 14.2 Å². The van der Waals surface area contributed by atoms with E-state index in [-0.39, 0.29) is 5.91 Å². The Kier molecular flexibility index (Phi) is 7.42. The SMILES string of the molecule is Cc1nc(-c2cccc(C(=O)N3CCCOc4cccc(c4)CCC4CCCCN4CC3)c2)no1. The van der Waals surface area contributed by atoms with E-state index in [1.165, 1.54) is 24.8 Å². The molecule has 184 valence electrons. The monoisotopic (exact) mass is 474 g/mol. The number of ether oxygens (including phenoxy) is 1. The molecular formula is C28H34N4O3. The van der Waals surface area contributed by atoms with E-state index in [1.54, 1.807) is 6.92 Å². The molecule has 0 radical (unpaired) electrons.